The summed E-state index contributed by atoms with van der Waals surface area (Å²) in [6.45, 7) is 10.1. The van der Waals surface area contributed by atoms with E-state index in [1.54, 1.807) is 12.0 Å². The van der Waals surface area contributed by atoms with Crippen molar-refractivity contribution in [1.82, 2.24) is 9.80 Å². The lowest BCUT2D eigenvalue weighted by Gasteiger charge is -2.43. The van der Waals surface area contributed by atoms with E-state index in [4.69, 9.17) is 18.9 Å². The molecule has 4 heterocycles. The molecule has 0 aromatic carbocycles. The number of carbonyl (C=O) groups is 2. The van der Waals surface area contributed by atoms with Crippen molar-refractivity contribution in [3.63, 3.8) is 0 Å². The Labute approximate surface area is 201 Å². The summed E-state index contributed by atoms with van der Waals surface area (Å²) in [7, 11) is 1.70. The maximum absolute atomic E-state index is 13.1. The molecule has 0 unspecified atom stereocenters. The van der Waals surface area contributed by atoms with Gasteiger partial charge in [-0.1, -0.05) is 11.6 Å². The van der Waals surface area contributed by atoms with E-state index in [9.17, 15) is 9.59 Å². The van der Waals surface area contributed by atoms with E-state index < -0.39 is 0 Å². The summed E-state index contributed by atoms with van der Waals surface area (Å²) in [5.41, 5.74) is 0.720. The van der Waals surface area contributed by atoms with E-state index in [0.717, 1.165) is 38.8 Å². The fourth-order valence-electron chi connectivity index (χ4n) is 7.06. The second kappa shape index (κ2) is 7.93. The summed E-state index contributed by atoms with van der Waals surface area (Å²) in [6, 6.07) is 0. The average Bonchev–Trinajstić information content (AvgIpc) is 3.72. The normalized spacial score (nSPS) is 45.9. The first-order chi connectivity index (χ1) is 16.3. The number of piperidine rings is 1. The molecule has 0 N–H and O–H groups in total. The number of hydrogen-bond acceptors (Lipinski definition) is 6. The van der Waals surface area contributed by atoms with Crippen LogP contribution in [-0.2, 0) is 23.7 Å². The molecule has 9 atom stereocenters. The van der Waals surface area contributed by atoms with Crippen LogP contribution in [0.3, 0.4) is 0 Å². The Morgan fingerprint density at radius 1 is 1.15 bits per heavy atom. The van der Waals surface area contributed by atoms with Crippen LogP contribution in [-0.4, -0.2) is 91.2 Å². The summed E-state index contributed by atoms with van der Waals surface area (Å²) < 4.78 is 24.3. The number of fused-ring (bicyclic) bond motifs is 1. The first-order valence-corrected chi connectivity index (χ1v) is 13.0. The molecule has 4 saturated heterocycles. The molecule has 1 spiro atoms. The summed E-state index contributed by atoms with van der Waals surface area (Å²) in [5, 5.41) is 0. The van der Waals surface area contributed by atoms with Crippen LogP contribution in [0, 0.1) is 23.7 Å². The van der Waals surface area contributed by atoms with Crippen LogP contribution in [0.4, 0.5) is 4.79 Å². The molecule has 8 heteroatoms. The van der Waals surface area contributed by atoms with Crippen molar-refractivity contribution in [3.8, 4) is 0 Å². The molecule has 6 rings (SSSR count). The molecule has 2 aliphatic carbocycles. The van der Waals surface area contributed by atoms with Crippen molar-refractivity contribution in [2.45, 2.75) is 76.0 Å². The van der Waals surface area contributed by atoms with Crippen LogP contribution in [0.15, 0.2) is 11.6 Å². The highest BCUT2D eigenvalue weighted by Crippen LogP contribution is 2.60. The molecule has 8 nitrogen and oxygen atoms in total. The van der Waals surface area contributed by atoms with Gasteiger partial charge in [-0.2, -0.15) is 0 Å². The summed E-state index contributed by atoms with van der Waals surface area (Å²) in [4.78, 5) is 29.4. The van der Waals surface area contributed by atoms with Crippen molar-refractivity contribution in [2.75, 3.05) is 39.9 Å². The second-order valence-electron chi connectivity index (χ2n) is 11.7. The first kappa shape index (κ1) is 22.8. The largest absolute Gasteiger partial charge is 0.443 e. The van der Waals surface area contributed by atoms with Crippen LogP contribution in [0.2, 0.25) is 0 Å². The average molecular weight is 475 g/mol. The third-order valence-electron chi connectivity index (χ3n) is 9.39. The quantitative estimate of drug-likeness (QED) is 0.435. The number of hydrogen-bond donors (Lipinski definition) is 0. The van der Waals surface area contributed by atoms with Crippen LogP contribution in [0.1, 0.15) is 46.5 Å². The Morgan fingerprint density at radius 2 is 1.85 bits per heavy atom. The summed E-state index contributed by atoms with van der Waals surface area (Å²) in [6.07, 6.45) is 5.06. The van der Waals surface area contributed by atoms with Gasteiger partial charge in [-0.25, -0.2) is 4.79 Å². The second-order valence-corrected chi connectivity index (χ2v) is 11.7. The van der Waals surface area contributed by atoms with Crippen LogP contribution >= 0.6 is 0 Å². The highest BCUT2D eigenvalue weighted by atomic mass is 16.6. The van der Waals surface area contributed by atoms with Gasteiger partial charge in [0.15, 0.2) is 0 Å². The molecule has 0 bridgehead atoms. The summed E-state index contributed by atoms with van der Waals surface area (Å²) >= 11 is 0. The zero-order chi connectivity index (χ0) is 23.8. The maximum atomic E-state index is 13.1. The predicted octanol–water partition coefficient (Wildman–Crippen LogP) is 2.61. The van der Waals surface area contributed by atoms with Gasteiger partial charge < -0.3 is 28.7 Å². The van der Waals surface area contributed by atoms with Gasteiger partial charge in [-0.05, 0) is 58.3 Å². The molecule has 0 radical (unpaired) electrons. The van der Waals surface area contributed by atoms with Gasteiger partial charge in [-0.3, -0.25) is 4.79 Å². The molecule has 2 amide bonds. The fraction of sp³-hybridized carbons (Fsp3) is 0.846. The molecule has 6 fully saturated rings. The van der Waals surface area contributed by atoms with E-state index in [2.05, 4.69) is 26.8 Å². The van der Waals surface area contributed by atoms with Crippen molar-refractivity contribution >= 4 is 12.0 Å². The van der Waals surface area contributed by atoms with Gasteiger partial charge in [-0.15, -0.1) is 0 Å². The number of carbonyl (C=O) groups excluding carboxylic acids is 2. The molecule has 2 saturated carbocycles. The number of epoxide rings is 2. The van der Waals surface area contributed by atoms with E-state index in [1.165, 1.54) is 5.57 Å². The van der Waals surface area contributed by atoms with Gasteiger partial charge in [0.2, 0.25) is 5.91 Å². The summed E-state index contributed by atoms with van der Waals surface area (Å²) in [5.74, 6) is 1.04. The van der Waals surface area contributed by atoms with Crippen LogP contribution < -0.4 is 0 Å². The Balaban J connectivity index is 1.08. The van der Waals surface area contributed by atoms with Crippen molar-refractivity contribution in [1.29, 1.82) is 0 Å². The number of ether oxygens (including phenoxy) is 4. The molecule has 0 aromatic rings. The van der Waals surface area contributed by atoms with E-state index in [1.807, 2.05) is 4.90 Å². The monoisotopic (exact) mass is 474 g/mol. The highest BCUT2D eigenvalue weighted by molar-refractivity contribution is 5.84. The minimum absolute atomic E-state index is 0.0256. The maximum Gasteiger partial charge on any atom is 0.410 e. The highest BCUT2D eigenvalue weighted by Gasteiger charge is 2.72. The standard InChI is InChI=1S/C26H38N2O6/c1-15(2)6-7-19-25(3,34-19)22-21(31-4)18(8-9-26(22)14-32-26)33-24(30)28-12-16-17(13-28)20(16)23(29)27-10-5-11-27/h6,16-22H,5,7-14H2,1-4H3/t16-,17+,18-,19-,20+,21-,22-,25+,26+/m1/s1. The predicted molar refractivity (Wildman–Crippen MR) is 123 cm³/mol. The van der Waals surface area contributed by atoms with Crippen LogP contribution in [0.25, 0.3) is 0 Å². The third-order valence-corrected chi connectivity index (χ3v) is 9.39. The number of amides is 2. The number of allylic oxidation sites excluding steroid dienone is 1. The Bertz CT molecular complexity index is 882. The molecule has 188 valence electrons. The van der Waals surface area contributed by atoms with Gasteiger partial charge in [0, 0.05) is 39.2 Å². The van der Waals surface area contributed by atoms with Crippen LogP contribution in [0.5, 0.6) is 0 Å². The van der Waals surface area contributed by atoms with E-state index >= 15 is 0 Å². The Morgan fingerprint density at radius 3 is 2.41 bits per heavy atom. The number of likely N-dealkylation sites (tertiary alicyclic amines) is 2. The molecular weight excluding hydrogens is 436 g/mol. The van der Waals surface area contributed by atoms with Gasteiger partial charge >= 0.3 is 6.09 Å². The lowest BCUT2D eigenvalue weighted by molar-refractivity contribution is -0.137. The topological polar surface area (TPSA) is 84.1 Å². The van der Waals surface area contributed by atoms with E-state index in [0.29, 0.717) is 37.4 Å². The van der Waals surface area contributed by atoms with Crippen molar-refractivity contribution in [2.24, 2.45) is 23.7 Å². The molecule has 4 aliphatic heterocycles. The van der Waals surface area contributed by atoms with Gasteiger partial charge in [0.25, 0.3) is 0 Å². The zero-order valence-corrected chi connectivity index (χ0v) is 20.8. The first-order valence-electron chi connectivity index (χ1n) is 13.0. The molecule has 0 aromatic heterocycles. The smallest absolute Gasteiger partial charge is 0.410 e. The van der Waals surface area contributed by atoms with Gasteiger partial charge in [0.1, 0.15) is 23.4 Å². The van der Waals surface area contributed by atoms with E-state index in [-0.39, 0.29) is 47.4 Å². The number of methoxy groups -OCH3 is 1. The zero-order valence-electron chi connectivity index (χ0n) is 20.8. The fourth-order valence-corrected chi connectivity index (χ4v) is 7.06. The molecule has 34 heavy (non-hydrogen) atoms. The number of nitrogens with zero attached hydrogens (tertiary/aromatic N) is 2. The molecule has 6 aliphatic rings. The molecular formula is C26H38N2O6. The lowest BCUT2D eigenvalue weighted by atomic mass is 9.68. The minimum atomic E-state index is -0.339. The lowest BCUT2D eigenvalue weighted by Crippen LogP contribution is -2.56. The third kappa shape index (κ3) is 3.59. The van der Waals surface area contributed by atoms with Crippen molar-refractivity contribution in [3.05, 3.63) is 11.6 Å². The van der Waals surface area contributed by atoms with Gasteiger partial charge in [0.05, 0.1) is 18.6 Å². The Hall–Kier alpha value is -1.64. The Kier molecular flexibility index (Phi) is 5.32. The van der Waals surface area contributed by atoms with Crippen molar-refractivity contribution < 1.29 is 28.5 Å². The SMILES string of the molecule is CO[C@@H]1[C@H](OC(=O)N2C[C@@H]3[C@H](C2)[C@H]3C(=O)N2CCC2)CC[C@]2(CO2)[C@H]1[C@@]1(C)O[C@@H]1CC=C(C)C. The number of rotatable bonds is 6. The minimum Gasteiger partial charge on any atom is -0.443 e.